The molecule has 0 aromatic heterocycles. The first kappa shape index (κ1) is 15.9. The van der Waals surface area contributed by atoms with E-state index in [9.17, 15) is 4.39 Å². The lowest BCUT2D eigenvalue weighted by Crippen LogP contribution is -2.11. The molecule has 0 heterocycles. The topological polar surface area (TPSA) is 38.0 Å². The van der Waals surface area contributed by atoms with Gasteiger partial charge in [0.2, 0.25) is 0 Å². The van der Waals surface area contributed by atoms with Crippen LogP contribution in [0, 0.1) is 9.39 Å². The van der Waals surface area contributed by atoms with Crippen molar-refractivity contribution >= 4 is 78.7 Å². The molecule has 3 N–H and O–H groups in total. The van der Waals surface area contributed by atoms with Gasteiger partial charge in [0.05, 0.1) is 15.8 Å². The lowest BCUT2D eigenvalue weighted by molar-refractivity contribution is 0.625. The van der Waals surface area contributed by atoms with Crippen LogP contribution < -0.4 is 11.1 Å². The highest BCUT2D eigenvalue weighted by Crippen LogP contribution is 2.31. The zero-order valence-corrected chi connectivity index (χ0v) is 15.2. The van der Waals surface area contributed by atoms with Gasteiger partial charge in [0, 0.05) is 14.2 Å². The van der Waals surface area contributed by atoms with Gasteiger partial charge in [-0.25, -0.2) is 4.39 Å². The molecule has 2 rings (SSSR count). The predicted octanol–water partition coefficient (Wildman–Crippen LogP) is 5.22. The first-order valence-electron chi connectivity index (χ1n) is 5.40. The van der Waals surface area contributed by atoms with Crippen molar-refractivity contribution in [2.75, 3.05) is 5.32 Å². The van der Waals surface area contributed by atoms with E-state index in [2.05, 4.69) is 43.8 Å². The van der Waals surface area contributed by atoms with Gasteiger partial charge >= 0.3 is 0 Å². The van der Waals surface area contributed by atoms with Gasteiger partial charge < -0.3 is 11.1 Å². The molecule has 0 atom stereocenters. The lowest BCUT2D eigenvalue weighted by atomic mass is 10.2. The molecule has 0 saturated heterocycles. The first-order chi connectivity index (χ1) is 9.40. The molecule has 0 radical (unpaired) electrons. The minimum absolute atomic E-state index is 0.142. The highest BCUT2D eigenvalue weighted by Gasteiger charge is 2.13. The monoisotopic (exact) mass is 484 g/mol. The standard InChI is InChI=1S/C13H8BrClFIN2S/c14-11-7(13(18)20)2-4-10(12(11)16)19-9-3-1-6(15)5-8(9)17/h1-5,19H,(H2,18,20). The van der Waals surface area contributed by atoms with E-state index in [0.717, 1.165) is 9.26 Å². The van der Waals surface area contributed by atoms with E-state index in [4.69, 9.17) is 29.6 Å². The van der Waals surface area contributed by atoms with Crippen LogP contribution in [0.5, 0.6) is 0 Å². The number of halogens is 4. The molecule has 20 heavy (non-hydrogen) atoms. The SMILES string of the molecule is NC(=S)c1ccc(Nc2ccc(Cl)cc2I)c(F)c1Br. The van der Waals surface area contributed by atoms with E-state index >= 15 is 0 Å². The maximum absolute atomic E-state index is 14.3. The second-order valence-corrected chi connectivity index (χ2v) is 6.73. The van der Waals surface area contributed by atoms with Crippen LogP contribution in [0.25, 0.3) is 0 Å². The molecule has 104 valence electrons. The van der Waals surface area contributed by atoms with Crippen molar-refractivity contribution in [3.05, 3.63) is 54.8 Å². The Bertz CT molecular complexity index is 696. The van der Waals surface area contributed by atoms with Crippen LogP contribution in [0.15, 0.2) is 34.8 Å². The van der Waals surface area contributed by atoms with Gasteiger partial charge in [-0.3, -0.25) is 0 Å². The van der Waals surface area contributed by atoms with E-state index in [1.54, 1.807) is 30.3 Å². The molecule has 0 aliphatic heterocycles. The van der Waals surface area contributed by atoms with Gasteiger partial charge in [0.1, 0.15) is 4.99 Å². The molecule has 2 nitrogen and oxygen atoms in total. The Kier molecular flexibility index (Phi) is 5.22. The van der Waals surface area contributed by atoms with E-state index in [-0.39, 0.29) is 9.46 Å². The van der Waals surface area contributed by atoms with E-state index < -0.39 is 5.82 Å². The number of nitrogens with two attached hydrogens (primary N) is 1. The quantitative estimate of drug-likeness (QED) is 0.462. The number of anilines is 2. The Morgan fingerprint density at radius 2 is 1.95 bits per heavy atom. The Morgan fingerprint density at radius 3 is 2.55 bits per heavy atom. The number of rotatable bonds is 3. The largest absolute Gasteiger partial charge is 0.389 e. The summed E-state index contributed by atoms with van der Waals surface area (Å²) in [6.07, 6.45) is 0. The summed E-state index contributed by atoms with van der Waals surface area (Å²) in [6, 6.07) is 8.59. The molecule has 0 aliphatic rings. The van der Waals surface area contributed by atoms with Gasteiger partial charge in [0.15, 0.2) is 5.82 Å². The van der Waals surface area contributed by atoms with Crippen molar-refractivity contribution in [2.45, 2.75) is 0 Å². The minimum Gasteiger partial charge on any atom is -0.389 e. The van der Waals surface area contributed by atoms with E-state index in [1.807, 2.05) is 0 Å². The average molecular weight is 486 g/mol. The fourth-order valence-corrected chi connectivity index (χ4v) is 3.44. The maximum atomic E-state index is 14.3. The molecule has 0 amide bonds. The Hall–Kier alpha value is -0.440. The molecule has 2 aromatic rings. The summed E-state index contributed by atoms with van der Waals surface area (Å²) in [5, 5.41) is 3.65. The van der Waals surface area contributed by atoms with Crippen LogP contribution in [0.3, 0.4) is 0 Å². The van der Waals surface area contributed by atoms with Gasteiger partial charge in [-0.1, -0.05) is 23.8 Å². The summed E-state index contributed by atoms with van der Waals surface area (Å²) < 4.78 is 15.4. The molecule has 0 bridgehead atoms. The van der Waals surface area contributed by atoms with Crippen LogP contribution >= 0.6 is 62.3 Å². The molecule has 0 spiro atoms. The number of nitrogens with one attached hydrogen (secondary N) is 1. The van der Waals surface area contributed by atoms with E-state index in [0.29, 0.717) is 16.3 Å². The van der Waals surface area contributed by atoms with Crippen molar-refractivity contribution in [2.24, 2.45) is 5.73 Å². The number of thiocarbonyl (C=S) groups is 1. The smallest absolute Gasteiger partial charge is 0.161 e. The zero-order valence-electron chi connectivity index (χ0n) is 9.88. The molecular formula is C13H8BrClFIN2S. The van der Waals surface area contributed by atoms with Crippen LogP contribution in [0.4, 0.5) is 15.8 Å². The Morgan fingerprint density at radius 1 is 1.30 bits per heavy atom. The van der Waals surface area contributed by atoms with E-state index in [1.165, 1.54) is 0 Å². The van der Waals surface area contributed by atoms with Crippen LogP contribution in [0.2, 0.25) is 5.02 Å². The fraction of sp³-hybridized carbons (Fsp3) is 0. The molecule has 0 saturated carbocycles. The normalized spacial score (nSPS) is 10.4. The van der Waals surface area contributed by atoms with Gasteiger partial charge in [-0.05, 0) is 68.9 Å². The maximum Gasteiger partial charge on any atom is 0.161 e. The molecule has 7 heteroatoms. The molecular weight excluding hydrogens is 477 g/mol. The number of benzene rings is 2. The Balaban J connectivity index is 2.39. The van der Waals surface area contributed by atoms with Crippen LogP contribution in [0.1, 0.15) is 5.56 Å². The third-order valence-electron chi connectivity index (χ3n) is 2.55. The second kappa shape index (κ2) is 6.55. The molecule has 0 fully saturated rings. The van der Waals surface area contributed by atoms with Crippen molar-refractivity contribution < 1.29 is 4.39 Å². The molecule has 0 aliphatic carbocycles. The molecule has 0 unspecified atom stereocenters. The highest BCUT2D eigenvalue weighted by atomic mass is 127. The minimum atomic E-state index is -0.443. The van der Waals surface area contributed by atoms with Gasteiger partial charge in [0.25, 0.3) is 0 Å². The summed E-state index contributed by atoms with van der Waals surface area (Å²) in [6.45, 7) is 0. The highest BCUT2D eigenvalue weighted by molar-refractivity contribution is 14.1. The van der Waals surface area contributed by atoms with Crippen molar-refractivity contribution in [3.8, 4) is 0 Å². The van der Waals surface area contributed by atoms with Crippen LogP contribution in [-0.2, 0) is 0 Å². The zero-order chi connectivity index (χ0) is 14.9. The summed E-state index contributed by atoms with van der Waals surface area (Å²) in [5.74, 6) is -0.443. The Labute approximate surface area is 148 Å². The summed E-state index contributed by atoms with van der Waals surface area (Å²) >= 11 is 16.1. The first-order valence-corrected chi connectivity index (χ1v) is 8.06. The second-order valence-electron chi connectivity index (χ2n) is 3.90. The number of hydrogen-bond donors (Lipinski definition) is 2. The van der Waals surface area contributed by atoms with Gasteiger partial charge in [-0.15, -0.1) is 0 Å². The third kappa shape index (κ3) is 3.41. The van der Waals surface area contributed by atoms with Crippen molar-refractivity contribution in [1.82, 2.24) is 0 Å². The molecule has 2 aromatic carbocycles. The van der Waals surface area contributed by atoms with Crippen molar-refractivity contribution in [1.29, 1.82) is 0 Å². The predicted molar refractivity (Wildman–Crippen MR) is 97.4 cm³/mol. The lowest BCUT2D eigenvalue weighted by Gasteiger charge is -2.12. The third-order valence-corrected chi connectivity index (χ3v) is 4.67. The van der Waals surface area contributed by atoms with Crippen molar-refractivity contribution in [3.63, 3.8) is 0 Å². The fourth-order valence-electron chi connectivity index (χ4n) is 1.57. The summed E-state index contributed by atoms with van der Waals surface area (Å²) in [7, 11) is 0. The van der Waals surface area contributed by atoms with Crippen LogP contribution in [-0.4, -0.2) is 4.99 Å². The number of hydrogen-bond acceptors (Lipinski definition) is 2. The van der Waals surface area contributed by atoms with Gasteiger partial charge in [-0.2, -0.15) is 0 Å². The average Bonchev–Trinajstić information content (AvgIpc) is 2.37. The summed E-state index contributed by atoms with van der Waals surface area (Å²) in [5.41, 5.74) is 7.09. The summed E-state index contributed by atoms with van der Waals surface area (Å²) in [4.78, 5) is 0.142.